The molecule has 0 aliphatic heterocycles. The number of hydrogen-bond acceptors (Lipinski definition) is 2. The highest BCUT2D eigenvalue weighted by atomic mass is 35.5. The zero-order valence-corrected chi connectivity index (χ0v) is 8.80. The van der Waals surface area contributed by atoms with Gasteiger partial charge in [-0.1, -0.05) is 19.1 Å². The van der Waals surface area contributed by atoms with Crippen LogP contribution in [0.2, 0.25) is 0 Å². The fraction of sp³-hybridized carbons (Fsp3) is 0.400. The van der Waals surface area contributed by atoms with Gasteiger partial charge in [0.1, 0.15) is 5.82 Å². The standard InChI is InChI=1S/C10H14FNO.ClH/c1-2-9(13)10(12)7-4-3-5-8(11)6-7;/h3-6,9-10,13H,2,12H2,1H3;1H/t9-,10+;/m0./s1. The van der Waals surface area contributed by atoms with Crippen LogP contribution in [0.3, 0.4) is 0 Å². The molecule has 0 amide bonds. The predicted molar refractivity (Wildman–Crippen MR) is 56.9 cm³/mol. The second kappa shape index (κ2) is 5.96. The number of aliphatic hydroxyl groups is 1. The molecular formula is C10H15ClFNO. The summed E-state index contributed by atoms with van der Waals surface area (Å²) < 4.78 is 12.8. The SMILES string of the molecule is CC[C@H](O)[C@H](N)c1cccc(F)c1.Cl. The summed E-state index contributed by atoms with van der Waals surface area (Å²) in [6.45, 7) is 1.84. The summed E-state index contributed by atoms with van der Waals surface area (Å²) in [6.07, 6.45) is -0.0423. The van der Waals surface area contributed by atoms with Crippen molar-refractivity contribution >= 4 is 12.4 Å². The molecule has 2 atom stereocenters. The van der Waals surface area contributed by atoms with Crippen LogP contribution in [0.1, 0.15) is 24.9 Å². The second-order valence-corrected chi connectivity index (χ2v) is 3.06. The Morgan fingerprint density at radius 3 is 2.64 bits per heavy atom. The van der Waals surface area contributed by atoms with Crippen LogP contribution < -0.4 is 5.73 Å². The van der Waals surface area contributed by atoms with Crippen LogP contribution >= 0.6 is 12.4 Å². The molecule has 0 bridgehead atoms. The lowest BCUT2D eigenvalue weighted by atomic mass is 10.0. The third-order valence-corrected chi connectivity index (χ3v) is 2.07. The van der Waals surface area contributed by atoms with E-state index in [1.807, 2.05) is 6.92 Å². The number of nitrogens with two attached hydrogens (primary N) is 1. The van der Waals surface area contributed by atoms with Crippen LogP contribution in [0.15, 0.2) is 24.3 Å². The first-order valence-corrected chi connectivity index (χ1v) is 4.34. The Balaban J connectivity index is 0.00000169. The first-order valence-electron chi connectivity index (χ1n) is 4.34. The van der Waals surface area contributed by atoms with Gasteiger partial charge >= 0.3 is 0 Å². The summed E-state index contributed by atoms with van der Waals surface area (Å²) >= 11 is 0. The normalized spacial score (nSPS) is 14.3. The molecule has 2 nitrogen and oxygen atoms in total. The summed E-state index contributed by atoms with van der Waals surface area (Å²) in [5, 5.41) is 9.42. The Kier molecular flexibility index (Phi) is 5.69. The Morgan fingerprint density at radius 2 is 2.14 bits per heavy atom. The molecule has 80 valence electrons. The average Bonchev–Trinajstić information content (AvgIpc) is 2.15. The molecule has 0 aliphatic rings. The van der Waals surface area contributed by atoms with E-state index in [1.54, 1.807) is 12.1 Å². The Labute approximate surface area is 89.3 Å². The third-order valence-electron chi connectivity index (χ3n) is 2.07. The lowest BCUT2D eigenvalue weighted by Gasteiger charge is -2.17. The van der Waals surface area contributed by atoms with E-state index in [9.17, 15) is 9.50 Å². The van der Waals surface area contributed by atoms with Gasteiger partial charge in [0.25, 0.3) is 0 Å². The van der Waals surface area contributed by atoms with Gasteiger partial charge in [-0.2, -0.15) is 0 Å². The molecule has 1 rings (SSSR count). The number of hydrogen-bond donors (Lipinski definition) is 2. The molecule has 0 spiro atoms. The smallest absolute Gasteiger partial charge is 0.123 e. The van der Waals surface area contributed by atoms with Crippen LogP contribution in [-0.4, -0.2) is 11.2 Å². The highest BCUT2D eigenvalue weighted by Gasteiger charge is 2.14. The highest BCUT2D eigenvalue weighted by molar-refractivity contribution is 5.85. The summed E-state index contributed by atoms with van der Waals surface area (Å²) in [5.41, 5.74) is 6.33. The average molecular weight is 220 g/mol. The fourth-order valence-corrected chi connectivity index (χ4v) is 1.19. The zero-order chi connectivity index (χ0) is 9.84. The van der Waals surface area contributed by atoms with Crippen molar-refractivity contribution in [2.45, 2.75) is 25.5 Å². The van der Waals surface area contributed by atoms with Gasteiger partial charge in [-0.25, -0.2) is 4.39 Å². The second-order valence-electron chi connectivity index (χ2n) is 3.06. The Morgan fingerprint density at radius 1 is 1.50 bits per heavy atom. The molecule has 1 aromatic rings. The van der Waals surface area contributed by atoms with Gasteiger partial charge in [-0.15, -0.1) is 12.4 Å². The largest absolute Gasteiger partial charge is 0.391 e. The van der Waals surface area contributed by atoms with Gasteiger partial charge in [0.2, 0.25) is 0 Å². The maximum absolute atomic E-state index is 12.8. The van der Waals surface area contributed by atoms with Crippen molar-refractivity contribution in [2.24, 2.45) is 5.73 Å². The van der Waals surface area contributed by atoms with Gasteiger partial charge < -0.3 is 10.8 Å². The molecule has 0 aromatic heterocycles. The lowest BCUT2D eigenvalue weighted by molar-refractivity contribution is 0.140. The van der Waals surface area contributed by atoms with Crippen LogP contribution in [0.4, 0.5) is 4.39 Å². The number of aliphatic hydroxyl groups excluding tert-OH is 1. The van der Waals surface area contributed by atoms with Gasteiger partial charge in [0, 0.05) is 0 Å². The highest BCUT2D eigenvalue weighted by Crippen LogP contribution is 2.16. The minimum Gasteiger partial charge on any atom is -0.391 e. The molecule has 0 aliphatic carbocycles. The molecule has 4 heteroatoms. The van der Waals surface area contributed by atoms with Crippen molar-refractivity contribution in [3.8, 4) is 0 Å². The van der Waals surface area contributed by atoms with E-state index in [1.165, 1.54) is 12.1 Å². The van der Waals surface area contributed by atoms with E-state index in [0.717, 1.165) is 0 Å². The maximum Gasteiger partial charge on any atom is 0.123 e. The zero-order valence-electron chi connectivity index (χ0n) is 7.98. The molecular weight excluding hydrogens is 205 g/mol. The molecule has 0 fully saturated rings. The monoisotopic (exact) mass is 219 g/mol. The summed E-state index contributed by atoms with van der Waals surface area (Å²) in [7, 11) is 0. The van der Waals surface area contributed by atoms with E-state index < -0.39 is 12.1 Å². The molecule has 0 heterocycles. The molecule has 0 saturated heterocycles. The van der Waals surface area contributed by atoms with Crippen molar-refractivity contribution in [3.05, 3.63) is 35.6 Å². The van der Waals surface area contributed by atoms with Crippen molar-refractivity contribution < 1.29 is 9.50 Å². The molecule has 0 saturated carbocycles. The molecule has 3 N–H and O–H groups in total. The molecule has 1 aromatic carbocycles. The van der Waals surface area contributed by atoms with E-state index in [0.29, 0.717) is 12.0 Å². The maximum atomic E-state index is 12.8. The molecule has 0 radical (unpaired) electrons. The topological polar surface area (TPSA) is 46.2 Å². The van der Waals surface area contributed by atoms with Crippen LogP contribution in [0, 0.1) is 5.82 Å². The van der Waals surface area contributed by atoms with E-state index in [-0.39, 0.29) is 18.2 Å². The van der Waals surface area contributed by atoms with E-state index in [2.05, 4.69) is 0 Å². The lowest BCUT2D eigenvalue weighted by Crippen LogP contribution is -2.25. The predicted octanol–water partition coefficient (Wildman–Crippen LogP) is 2.02. The first-order chi connectivity index (χ1) is 6.15. The summed E-state index contributed by atoms with van der Waals surface area (Å²) in [4.78, 5) is 0. The number of rotatable bonds is 3. The van der Waals surface area contributed by atoms with Gasteiger partial charge in [0.15, 0.2) is 0 Å². The van der Waals surface area contributed by atoms with E-state index in [4.69, 9.17) is 5.73 Å². The summed E-state index contributed by atoms with van der Waals surface area (Å²) in [5.74, 6) is -0.323. The molecule has 0 unspecified atom stereocenters. The van der Waals surface area contributed by atoms with Gasteiger partial charge in [-0.3, -0.25) is 0 Å². The van der Waals surface area contributed by atoms with Crippen molar-refractivity contribution in [3.63, 3.8) is 0 Å². The van der Waals surface area contributed by atoms with Crippen LogP contribution in [-0.2, 0) is 0 Å². The minimum absolute atomic E-state index is 0. The molecule has 14 heavy (non-hydrogen) atoms. The number of halogens is 2. The van der Waals surface area contributed by atoms with E-state index >= 15 is 0 Å². The third kappa shape index (κ3) is 3.25. The first kappa shape index (κ1) is 13.4. The Hall–Kier alpha value is -0.640. The fourth-order valence-electron chi connectivity index (χ4n) is 1.19. The minimum atomic E-state index is -0.609. The van der Waals surface area contributed by atoms with Crippen molar-refractivity contribution in [1.82, 2.24) is 0 Å². The van der Waals surface area contributed by atoms with Crippen LogP contribution in [0.25, 0.3) is 0 Å². The van der Waals surface area contributed by atoms with Crippen LogP contribution in [0.5, 0.6) is 0 Å². The van der Waals surface area contributed by atoms with Crippen molar-refractivity contribution in [1.29, 1.82) is 0 Å². The van der Waals surface area contributed by atoms with Crippen molar-refractivity contribution in [2.75, 3.05) is 0 Å². The summed E-state index contributed by atoms with van der Waals surface area (Å²) in [6, 6.07) is 5.51. The van der Waals surface area contributed by atoms with Gasteiger partial charge in [-0.05, 0) is 24.1 Å². The van der Waals surface area contributed by atoms with Gasteiger partial charge in [0.05, 0.1) is 12.1 Å². The number of benzene rings is 1. The quantitative estimate of drug-likeness (QED) is 0.817. The Bertz CT molecular complexity index is 283.